The summed E-state index contributed by atoms with van der Waals surface area (Å²) < 4.78 is 2.24. The maximum absolute atomic E-state index is 11.9. The molecule has 0 saturated carbocycles. The zero-order chi connectivity index (χ0) is 20.1. The molecule has 2 aliphatic heterocycles. The molecule has 2 aliphatic rings. The predicted octanol–water partition coefficient (Wildman–Crippen LogP) is 0.485. The summed E-state index contributed by atoms with van der Waals surface area (Å²) in [7, 11) is 1.84. The number of piperazine rings is 1. The maximum atomic E-state index is 11.9. The van der Waals surface area contributed by atoms with Gasteiger partial charge in [-0.25, -0.2) is 0 Å². The Kier molecular flexibility index (Phi) is 9.12. The van der Waals surface area contributed by atoms with Gasteiger partial charge < -0.3 is 20.1 Å². The third-order valence-corrected chi connectivity index (χ3v) is 5.48. The molecule has 0 aromatic carbocycles. The Labute approximate surface area is 190 Å². The van der Waals surface area contributed by atoms with Gasteiger partial charge in [0, 0.05) is 58.8 Å². The molecule has 1 atom stereocenters. The van der Waals surface area contributed by atoms with Crippen molar-refractivity contribution in [2.75, 3.05) is 46.3 Å². The highest BCUT2D eigenvalue weighted by molar-refractivity contribution is 14.0. The molecule has 29 heavy (non-hydrogen) atoms. The van der Waals surface area contributed by atoms with Crippen LogP contribution in [0.4, 0.5) is 0 Å². The van der Waals surface area contributed by atoms with Gasteiger partial charge in [-0.3, -0.25) is 14.7 Å². The Morgan fingerprint density at radius 2 is 1.97 bits per heavy atom. The number of rotatable bonds is 5. The van der Waals surface area contributed by atoms with E-state index >= 15 is 0 Å². The monoisotopic (exact) mass is 518 g/mol. The molecule has 1 saturated heterocycles. The lowest BCUT2D eigenvalue weighted by molar-refractivity contribution is -0.123. The molecule has 0 aliphatic carbocycles. The van der Waals surface area contributed by atoms with Crippen LogP contribution in [0.2, 0.25) is 0 Å². The summed E-state index contributed by atoms with van der Waals surface area (Å²) in [5.41, 5.74) is 0. The largest absolute Gasteiger partial charge is 0.356 e. The molecule has 1 aromatic rings. The van der Waals surface area contributed by atoms with Crippen LogP contribution in [0.25, 0.3) is 0 Å². The number of hydrogen-bond acceptors (Lipinski definition) is 5. The smallest absolute Gasteiger partial charge is 0.234 e. The zero-order valence-electron chi connectivity index (χ0n) is 18.0. The number of guanidine groups is 1. The van der Waals surface area contributed by atoms with Crippen LogP contribution in [0.5, 0.6) is 0 Å². The lowest BCUT2D eigenvalue weighted by Crippen LogP contribution is -2.54. The number of nitrogens with one attached hydrogen (secondary N) is 2. The van der Waals surface area contributed by atoms with Gasteiger partial charge in [0.05, 0.1) is 6.54 Å². The highest BCUT2D eigenvalue weighted by Crippen LogP contribution is 2.19. The Bertz CT molecular complexity index is 696. The number of carbonyl (C=O) groups is 1. The summed E-state index contributed by atoms with van der Waals surface area (Å²) in [5, 5.41) is 15.0. The molecule has 1 unspecified atom stereocenters. The fraction of sp³-hybridized carbons (Fsp3) is 0.789. The minimum atomic E-state index is 0. The molecular weight excluding hydrogens is 483 g/mol. The molecule has 0 spiro atoms. The highest BCUT2D eigenvalue weighted by atomic mass is 127. The van der Waals surface area contributed by atoms with E-state index in [1.165, 1.54) is 0 Å². The first kappa shape index (κ1) is 23.8. The number of aliphatic imine (C=N–C) groups is 1. The van der Waals surface area contributed by atoms with Gasteiger partial charge in [-0.2, -0.15) is 0 Å². The van der Waals surface area contributed by atoms with Crippen molar-refractivity contribution in [2.24, 2.45) is 10.9 Å². The molecule has 9 nitrogen and oxygen atoms in total. The predicted molar refractivity (Wildman–Crippen MR) is 125 cm³/mol. The van der Waals surface area contributed by atoms with E-state index in [1.807, 2.05) is 27.8 Å². The van der Waals surface area contributed by atoms with Crippen LogP contribution in [0.3, 0.4) is 0 Å². The average molecular weight is 518 g/mol. The molecule has 0 bridgehead atoms. The number of carbonyl (C=O) groups excluding carboxylic acids is 1. The fourth-order valence-electron chi connectivity index (χ4n) is 3.95. The molecule has 0 radical (unpaired) electrons. The standard InChI is InChI=1S/C19H34N8O.HI/c1-14(2)22-18(28)13-25-7-9-26(10-8-25)19(20-4)21-11-16-5-6-17-24-23-15(3)27(17)12-16;/h14,16H,5-13H2,1-4H3,(H,20,21)(H,22,28);1H. The van der Waals surface area contributed by atoms with Gasteiger partial charge in [0.1, 0.15) is 11.6 Å². The summed E-state index contributed by atoms with van der Waals surface area (Å²) in [4.78, 5) is 20.9. The summed E-state index contributed by atoms with van der Waals surface area (Å²) in [5.74, 6) is 3.72. The molecular formula is C19H35IN8O. The zero-order valence-corrected chi connectivity index (χ0v) is 20.3. The number of fused-ring (bicyclic) bond motifs is 1. The Hall–Kier alpha value is -1.43. The van der Waals surface area contributed by atoms with Crippen molar-refractivity contribution < 1.29 is 4.79 Å². The normalized spacial score (nSPS) is 20.2. The summed E-state index contributed by atoms with van der Waals surface area (Å²) >= 11 is 0. The van der Waals surface area contributed by atoms with Crippen LogP contribution in [0, 0.1) is 12.8 Å². The van der Waals surface area contributed by atoms with Gasteiger partial charge in [0.15, 0.2) is 5.96 Å². The van der Waals surface area contributed by atoms with Gasteiger partial charge in [-0.1, -0.05) is 0 Å². The lowest BCUT2D eigenvalue weighted by atomic mass is 9.99. The molecule has 2 N–H and O–H groups in total. The van der Waals surface area contributed by atoms with Crippen LogP contribution in [0.15, 0.2) is 4.99 Å². The average Bonchev–Trinajstić information content (AvgIpc) is 3.03. The van der Waals surface area contributed by atoms with E-state index in [4.69, 9.17) is 0 Å². The Morgan fingerprint density at radius 3 is 2.62 bits per heavy atom. The molecule has 10 heteroatoms. The van der Waals surface area contributed by atoms with Gasteiger partial charge >= 0.3 is 0 Å². The van der Waals surface area contributed by atoms with Gasteiger partial charge in [-0.05, 0) is 33.1 Å². The van der Waals surface area contributed by atoms with Gasteiger partial charge in [0.25, 0.3) is 0 Å². The van der Waals surface area contributed by atoms with Crippen LogP contribution in [-0.4, -0.2) is 88.8 Å². The third-order valence-electron chi connectivity index (χ3n) is 5.48. The first-order valence-corrected chi connectivity index (χ1v) is 10.3. The number of aryl methyl sites for hydroxylation is 2. The van der Waals surface area contributed by atoms with Crippen LogP contribution >= 0.6 is 24.0 Å². The van der Waals surface area contributed by atoms with Crippen molar-refractivity contribution in [3.05, 3.63) is 11.6 Å². The van der Waals surface area contributed by atoms with E-state index in [-0.39, 0.29) is 35.9 Å². The van der Waals surface area contributed by atoms with Crippen molar-refractivity contribution in [2.45, 2.75) is 46.2 Å². The highest BCUT2D eigenvalue weighted by Gasteiger charge is 2.24. The van der Waals surface area contributed by atoms with E-state index in [2.05, 4.69) is 40.2 Å². The summed E-state index contributed by atoms with van der Waals surface area (Å²) in [6, 6.07) is 0.189. The van der Waals surface area contributed by atoms with E-state index in [9.17, 15) is 4.79 Å². The minimum Gasteiger partial charge on any atom is -0.356 e. The van der Waals surface area contributed by atoms with Crippen molar-refractivity contribution in [3.8, 4) is 0 Å². The second-order valence-corrected chi connectivity index (χ2v) is 8.09. The fourth-order valence-corrected chi connectivity index (χ4v) is 3.95. The molecule has 164 valence electrons. The van der Waals surface area contributed by atoms with Crippen molar-refractivity contribution in [1.82, 2.24) is 35.2 Å². The Morgan fingerprint density at radius 1 is 1.24 bits per heavy atom. The number of aromatic nitrogens is 3. The van der Waals surface area contributed by atoms with Crippen LogP contribution < -0.4 is 10.6 Å². The summed E-state index contributed by atoms with van der Waals surface area (Å²) in [6.45, 7) is 11.9. The number of halogens is 1. The topological polar surface area (TPSA) is 90.7 Å². The molecule has 1 fully saturated rings. The maximum Gasteiger partial charge on any atom is 0.234 e. The van der Waals surface area contributed by atoms with Crippen molar-refractivity contribution >= 4 is 35.8 Å². The Balaban J connectivity index is 0.00000300. The molecule has 1 amide bonds. The number of hydrogen-bond donors (Lipinski definition) is 2. The molecule has 3 heterocycles. The molecule has 1 aromatic heterocycles. The second kappa shape index (κ2) is 11.1. The minimum absolute atomic E-state index is 0. The van der Waals surface area contributed by atoms with Crippen LogP contribution in [-0.2, 0) is 17.8 Å². The first-order chi connectivity index (χ1) is 13.5. The van der Waals surface area contributed by atoms with Gasteiger partial charge in [0.2, 0.25) is 5.91 Å². The second-order valence-electron chi connectivity index (χ2n) is 8.09. The van der Waals surface area contributed by atoms with Crippen molar-refractivity contribution in [1.29, 1.82) is 0 Å². The first-order valence-electron chi connectivity index (χ1n) is 10.3. The van der Waals surface area contributed by atoms with Gasteiger partial charge in [-0.15, -0.1) is 34.2 Å². The van der Waals surface area contributed by atoms with E-state index < -0.39 is 0 Å². The lowest BCUT2D eigenvalue weighted by Gasteiger charge is -2.36. The quantitative estimate of drug-likeness (QED) is 0.335. The SMILES string of the molecule is CN=C(NCC1CCc2nnc(C)n2C1)N1CCN(CC(=O)NC(C)C)CC1.I. The van der Waals surface area contributed by atoms with Crippen LogP contribution in [0.1, 0.15) is 31.9 Å². The van der Waals surface area contributed by atoms with E-state index in [0.29, 0.717) is 12.5 Å². The van der Waals surface area contributed by atoms with Crippen molar-refractivity contribution in [3.63, 3.8) is 0 Å². The number of amides is 1. The third kappa shape index (κ3) is 6.53. The van der Waals surface area contributed by atoms with E-state index in [0.717, 1.165) is 69.7 Å². The number of nitrogens with zero attached hydrogens (tertiary/aromatic N) is 6. The summed E-state index contributed by atoms with van der Waals surface area (Å²) in [6.07, 6.45) is 2.11. The van der Waals surface area contributed by atoms with E-state index in [1.54, 1.807) is 0 Å². The molecule has 3 rings (SSSR count).